The molecule has 24 heavy (non-hydrogen) atoms. The molecule has 0 atom stereocenters. The van der Waals surface area contributed by atoms with Gasteiger partial charge < -0.3 is 20.3 Å². The molecule has 1 heterocycles. The second-order valence-electron chi connectivity index (χ2n) is 7.03. The molecule has 0 radical (unpaired) electrons. The van der Waals surface area contributed by atoms with E-state index in [4.69, 9.17) is 16.3 Å². The molecule has 1 aliphatic heterocycles. The fraction of sp³-hybridized carbons (Fsp3) is 0.611. The van der Waals surface area contributed by atoms with Crippen molar-refractivity contribution in [1.82, 2.24) is 10.2 Å². The van der Waals surface area contributed by atoms with Gasteiger partial charge in [-0.15, -0.1) is 0 Å². The van der Waals surface area contributed by atoms with Crippen LogP contribution in [0, 0.1) is 5.41 Å². The molecule has 1 aromatic carbocycles. The zero-order valence-electron chi connectivity index (χ0n) is 14.8. The van der Waals surface area contributed by atoms with Gasteiger partial charge in [0.25, 0.3) is 0 Å². The first-order chi connectivity index (χ1) is 11.4. The van der Waals surface area contributed by atoms with E-state index in [9.17, 15) is 4.79 Å². The van der Waals surface area contributed by atoms with Crippen molar-refractivity contribution in [1.29, 1.82) is 0 Å². The van der Waals surface area contributed by atoms with E-state index in [0.717, 1.165) is 6.54 Å². The lowest BCUT2D eigenvalue weighted by molar-refractivity contribution is 0.201. The Balaban J connectivity index is 1.81. The third-order valence-electron chi connectivity index (χ3n) is 4.07. The number of halogens is 1. The summed E-state index contributed by atoms with van der Waals surface area (Å²) in [5.41, 5.74) is 0.691. The summed E-state index contributed by atoms with van der Waals surface area (Å²) in [6, 6.07) is 5.02. The Hall–Kier alpha value is -1.46. The molecular weight excluding hydrogens is 326 g/mol. The van der Waals surface area contributed by atoms with Gasteiger partial charge in [0.1, 0.15) is 5.75 Å². The third kappa shape index (κ3) is 5.87. The minimum absolute atomic E-state index is 0.0398. The van der Waals surface area contributed by atoms with Crippen LogP contribution in [-0.2, 0) is 0 Å². The van der Waals surface area contributed by atoms with Gasteiger partial charge >= 0.3 is 6.03 Å². The maximum Gasteiger partial charge on any atom is 0.319 e. The molecule has 2 N–H and O–H groups in total. The number of carbonyl (C=O) groups excluding carboxylic acids is 1. The standard InChI is InChI=1S/C18H28ClN3O2/c1-4-24-16-8-7-14(11-15(16)19)21-17(23)20-12-18(2,3)13-22-9-5-6-10-22/h7-8,11H,4-6,9-10,12-13H2,1-3H3,(H2,20,21,23). The molecule has 0 unspecified atom stereocenters. The van der Waals surface area contributed by atoms with Crippen LogP contribution in [0.5, 0.6) is 5.75 Å². The highest BCUT2D eigenvalue weighted by Crippen LogP contribution is 2.27. The van der Waals surface area contributed by atoms with Gasteiger partial charge in [-0.3, -0.25) is 0 Å². The van der Waals surface area contributed by atoms with Gasteiger partial charge in [0.05, 0.1) is 11.6 Å². The Morgan fingerprint density at radius 1 is 1.33 bits per heavy atom. The average molecular weight is 354 g/mol. The number of likely N-dealkylation sites (tertiary alicyclic amines) is 1. The van der Waals surface area contributed by atoms with E-state index in [1.54, 1.807) is 18.2 Å². The van der Waals surface area contributed by atoms with Crippen LogP contribution in [0.2, 0.25) is 5.02 Å². The number of hydrogen-bond acceptors (Lipinski definition) is 3. The Morgan fingerprint density at radius 3 is 2.67 bits per heavy atom. The predicted octanol–water partition coefficient (Wildman–Crippen LogP) is 3.98. The maximum absolute atomic E-state index is 12.1. The molecule has 2 amide bonds. The van der Waals surface area contributed by atoms with Crippen molar-refractivity contribution in [2.75, 3.05) is 38.1 Å². The fourth-order valence-electron chi connectivity index (χ4n) is 2.95. The second-order valence-corrected chi connectivity index (χ2v) is 7.44. The van der Waals surface area contributed by atoms with Gasteiger partial charge in [-0.25, -0.2) is 4.79 Å². The molecule has 1 aliphatic rings. The number of hydrogen-bond donors (Lipinski definition) is 2. The Morgan fingerprint density at radius 2 is 2.04 bits per heavy atom. The normalized spacial score (nSPS) is 15.3. The van der Waals surface area contributed by atoms with Crippen LogP contribution in [0.3, 0.4) is 0 Å². The van der Waals surface area contributed by atoms with Crippen molar-refractivity contribution in [2.24, 2.45) is 5.41 Å². The Bertz CT molecular complexity index is 557. The van der Waals surface area contributed by atoms with Crippen LogP contribution in [0.25, 0.3) is 0 Å². The van der Waals surface area contributed by atoms with E-state index in [2.05, 4.69) is 29.4 Å². The van der Waals surface area contributed by atoms with Crippen LogP contribution in [0.15, 0.2) is 18.2 Å². The SMILES string of the molecule is CCOc1ccc(NC(=O)NCC(C)(C)CN2CCCC2)cc1Cl. The highest BCUT2D eigenvalue weighted by Gasteiger charge is 2.24. The van der Waals surface area contributed by atoms with Crippen molar-refractivity contribution in [2.45, 2.75) is 33.6 Å². The molecule has 6 heteroatoms. The molecule has 0 saturated carbocycles. The summed E-state index contributed by atoms with van der Waals surface area (Å²) >= 11 is 6.13. The molecule has 134 valence electrons. The van der Waals surface area contributed by atoms with E-state index in [-0.39, 0.29) is 11.4 Å². The first kappa shape index (κ1) is 18.9. The Labute approximate surface area is 149 Å². The molecule has 1 fully saturated rings. The summed E-state index contributed by atoms with van der Waals surface area (Å²) in [5.74, 6) is 0.622. The number of amides is 2. The minimum Gasteiger partial charge on any atom is -0.492 e. The van der Waals surface area contributed by atoms with Crippen molar-refractivity contribution >= 4 is 23.3 Å². The van der Waals surface area contributed by atoms with Gasteiger partial charge in [0, 0.05) is 18.8 Å². The summed E-state index contributed by atoms with van der Waals surface area (Å²) in [7, 11) is 0. The number of nitrogens with one attached hydrogen (secondary N) is 2. The van der Waals surface area contributed by atoms with Gasteiger partial charge in [0.15, 0.2) is 0 Å². The molecule has 5 nitrogen and oxygen atoms in total. The van der Waals surface area contributed by atoms with Gasteiger partial charge in [-0.05, 0) is 56.5 Å². The molecule has 0 spiro atoms. The first-order valence-corrected chi connectivity index (χ1v) is 8.97. The molecule has 0 aromatic heterocycles. The predicted molar refractivity (Wildman–Crippen MR) is 99.1 cm³/mol. The van der Waals surface area contributed by atoms with Gasteiger partial charge in [-0.1, -0.05) is 25.4 Å². The van der Waals surface area contributed by atoms with Crippen LogP contribution in [0.4, 0.5) is 10.5 Å². The van der Waals surface area contributed by atoms with Crippen molar-refractivity contribution in [3.05, 3.63) is 23.2 Å². The highest BCUT2D eigenvalue weighted by atomic mass is 35.5. The monoisotopic (exact) mass is 353 g/mol. The number of carbonyl (C=O) groups is 1. The Kier molecular flexibility index (Phi) is 6.75. The lowest BCUT2D eigenvalue weighted by Crippen LogP contribution is -2.42. The third-order valence-corrected chi connectivity index (χ3v) is 4.36. The summed E-state index contributed by atoms with van der Waals surface area (Å²) < 4.78 is 5.39. The number of benzene rings is 1. The lowest BCUT2D eigenvalue weighted by Gasteiger charge is -2.30. The maximum atomic E-state index is 12.1. The van der Waals surface area contributed by atoms with E-state index in [0.29, 0.717) is 29.6 Å². The zero-order chi connectivity index (χ0) is 17.6. The molecule has 0 bridgehead atoms. The molecule has 0 aliphatic carbocycles. The summed E-state index contributed by atoms with van der Waals surface area (Å²) in [6.07, 6.45) is 2.56. The lowest BCUT2D eigenvalue weighted by atomic mass is 9.93. The van der Waals surface area contributed by atoms with E-state index < -0.39 is 0 Å². The van der Waals surface area contributed by atoms with Crippen molar-refractivity contribution in [3.63, 3.8) is 0 Å². The zero-order valence-corrected chi connectivity index (χ0v) is 15.6. The van der Waals surface area contributed by atoms with Gasteiger partial charge in [-0.2, -0.15) is 0 Å². The fourth-order valence-corrected chi connectivity index (χ4v) is 3.18. The number of anilines is 1. The van der Waals surface area contributed by atoms with Crippen LogP contribution < -0.4 is 15.4 Å². The average Bonchev–Trinajstić information content (AvgIpc) is 3.00. The molecule has 1 saturated heterocycles. The van der Waals surface area contributed by atoms with Crippen LogP contribution in [-0.4, -0.2) is 43.7 Å². The topological polar surface area (TPSA) is 53.6 Å². The summed E-state index contributed by atoms with van der Waals surface area (Å²) in [5, 5.41) is 6.26. The van der Waals surface area contributed by atoms with Crippen molar-refractivity contribution in [3.8, 4) is 5.75 Å². The van der Waals surface area contributed by atoms with E-state index >= 15 is 0 Å². The largest absolute Gasteiger partial charge is 0.492 e. The number of rotatable bonds is 7. The quantitative estimate of drug-likeness (QED) is 0.779. The van der Waals surface area contributed by atoms with E-state index in [1.165, 1.54) is 25.9 Å². The minimum atomic E-state index is -0.218. The molecule has 1 aromatic rings. The van der Waals surface area contributed by atoms with E-state index in [1.807, 2.05) is 6.92 Å². The number of urea groups is 1. The number of ether oxygens (including phenoxy) is 1. The summed E-state index contributed by atoms with van der Waals surface area (Å²) in [6.45, 7) is 10.8. The highest BCUT2D eigenvalue weighted by molar-refractivity contribution is 6.32. The number of nitrogens with zero attached hydrogens (tertiary/aromatic N) is 1. The smallest absolute Gasteiger partial charge is 0.319 e. The van der Waals surface area contributed by atoms with Crippen LogP contribution in [0.1, 0.15) is 33.6 Å². The van der Waals surface area contributed by atoms with Crippen molar-refractivity contribution < 1.29 is 9.53 Å². The molecular formula is C18H28ClN3O2. The van der Waals surface area contributed by atoms with Gasteiger partial charge in [0.2, 0.25) is 0 Å². The second kappa shape index (κ2) is 8.58. The summed E-state index contributed by atoms with van der Waals surface area (Å²) in [4.78, 5) is 14.6. The molecule has 2 rings (SSSR count). The van der Waals surface area contributed by atoms with Crippen LogP contribution >= 0.6 is 11.6 Å². The first-order valence-electron chi connectivity index (χ1n) is 8.59.